The van der Waals surface area contributed by atoms with E-state index in [1.54, 1.807) is 0 Å². The Morgan fingerprint density at radius 3 is 1.44 bits per heavy atom. The molecule has 0 saturated heterocycles. The van der Waals surface area contributed by atoms with E-state index >= 15 is 0 Å². The van der Waals surface area contributed by atoms with Gasteiger partial charge in [0.15, 0.2) is 11.5 Å². The summed E-state index contributed by atoms with van der Waals surface area (Å²) in [5.74, 6) is 0.542. The highest BCUT2D eigenvalue weighted by Gasteiger charge is 2.48. The zero-order valence-corrected chi connectivity index (χ0v) is 27.5. The lowest BCUT2D eigenvalue weighted by atomic mass is 9.66. The van der Waals surface area contributed by atoms with Crippen LogP contribution in [0.3, 0.4) is 0 Å². The number of non-ortho nitro benzene ring substituents is 2. The van der Waals surface area contributed by atoms with Gasteiger partial charge in [0.1, 0.15) is 5.69 Å². The van der Waals surface area contributed by atoms with Crippen LogP contribution in [0.15, 0.2) is 176 Å². The Kier molecular flexibility index (Phi) is 8.13. The van der Waals surface area contributed by atoms with Crippen LogP contribution >= 0.6 is 0 Å². The molecule has 0 heterocycles. The van der Waals surface area contributed by atoms with Gasteiger partial charge >= 0.3 is 0 Å². The van der Waals surface area contributed by atoms with Gasteiger partial charge in [0.05, 0.1) is 15.3 Å². The molecular formula is C43H29N3O6. The van der Waals surface area contributed by atoms with Crippen molar-refractivity contribution in [3.05, 3.63) is 218 Å². The Hall–Kier alpha value is -7.26. The number of nitro groups is 2. The molecule has 0 saturated carbocycles. The smallest absolute Gasteiger partial charge is 0.269 e. The molecule has 0 atom stereocenters. The van der Waals surface area contributed by atoms with Crippen molar-refractivity contribution in [1.82, 2.24) is 0 Å². The van der Waals surface area contributed by atoms with Crippen molar-refractivity contribution >= 4 is 17.1 Å². The maximum atomic E-state index is 11.5. The van der Waals surface area contributed by atoms with Crippen LogP contribution in [0.25, 0.3) is 22.3 Å². The molecule has 7 aromatic rings. The molecule has 1 aliphatic carbocycles. The first-order chi connectivity index (χ1) is 25.4. The van der Waals surface area contributed by atoms with Crippen molar-refractivity contribution in [2.24, 2.45) is 0 Å². The zero-order valence-electron chi connectivity index (χ0n) is 27.5. The predicted molar refractivity (Wildman–Crippen MR) is 199 cm³/mol. The Morgan fingerprint density at radius 1 is 0.481 bits per heavy atom. The number of hydrogen-bond donors (Lipinski definition) is 0. The van der Waals surface area contributed by atoms with Gasteiger partial charge in [-0.15, -0.1) is 0 Å². The van der Waals surface area contributed by atoms with Crippen molar-refractivity contribution in [3.63, 3.8) is 0 Å². The van der Waals surface area contributed by atoms with Gasteiger partial charge < -0.3 is 9.68 Å². The first-order valence-corrected chi connectivity index (χ1v) is 16.5. The number of rotatable bonds is 10. The summed E-state index contributed by atoms with van der Waals surface area (Å²) in [6.45, 7) is 0. The van der Waals surface area contributed by atoms with Crippen LogP contribution in [0.4, 0.5) is 17.1 Å². The normalized spacial score (nSPS) is 12.3. The highest BCUT2D eigenvalue weighted by molar-refractivity contribution is 5.97. The number of anilines is 1. The second-order valence-electron chi connectivity index (χ2n) is 12.2. The molecule has 8 rings (SSSR count). The Balaban J connectivity index is 1.43. The van der Waals surface area contributed by atoms with Crippen LogP contribution < -0.4 is 14.9 Å². The minimum absolute atomic E-state index is 0.0917. The van der Waals surface area contributed by atoms with Crippen molar-refractivity contribution in [2.75, 3.05) is 5.23 Å². The third-order valence-electron chi connectivity index (χ3n) is 9.32. The fraction of sp³-hybridized carbons (Fsp3) is 0.0233. The molecule has 9 nitrogen and oxygen atoms in total. The molecule has 9 heteroatoms. The SMILES string of the molecule is O=[N+]([O-])c1ccc(ON(Oc2ccc([N+](=O)[O-])cc2)c2ccc3c(c2-c2ccccc2)C(c2ccccc2)(c2ccccc2)c2ccccc2-3)cc1. The number of hydrogen-bond acceptors (Lipinski definition) is 7. The summed E-state index contributed by atoms with van der Waals surface area (Å²) in [7, 11) is 0. The highest BCUT2D eigenvalue weighted by Crippen LogP contribution is 2.60. The molecule has 0 aliphatic heterocycles. The Labute approximate surface area is 298 Å². The average Bonchev–Trinajstić information content (AvgIpc) is 3.50. The lowest BCUT2D eigenvalue weighted by Crippen LogP contribution is -2.33. The molecule has 52 heavy (non-hydrogen) atoms. The van der Waals surface area contributed by atoms with Gasteiger partial charge in [-0.1, -0.05) is 121 Å². The lowest BCUT2D eigenvalue weighted by molar-refractivity contribution is -0.385. The van der Waals surface area contributed by atoms with Gasteiger partial charge in [-0.2, -0.15) is 0 Å². The molecule has 0 fully saturated rings. The number of fused-ring (bicyclic) bond motifs is 3. The van der Waals surface area contributed by atoms with Crippen LogP contribution in [0, 0.1) is 20.2 Å². The molecule has 1 aliphatic rings. The van der Waals surface area contributed by atoms with Crippen LogP contribution in [0.2, 0.25) is 0 Å². The minimum Gasteiger partial charge on any atom is -0.345 e. The van der Waals surface area contributed by atoms with Crippen LogP contribution in [0.1, 0.15) is 22.3 Å². The van der Waals surface area contributed by atoms with Crippen LogP contribution in [-0.4, -0.2) is 9.85 Å². The summed E-state index contributed by atoms with van der Waals surface area (Å²) >= 11 is 0. The van der Waals surface area contributed by atoms with Gasteiger partial charge in [0.25, 0.3) is 11.4 Å². The van der Waals surface area contributed by atoms with E-state index in [1.807, 2.05) is 78.9 Å². The maximum Gasteiger partial charge on any atom is 0.269 e. The van der Waals surface area contributed by atoms with Gasteiger partial charge in [0.2, 0.25) is 0 Å². The quantitative estimate of drug-likeness (QED) is 0.104. The van der Waals surface area contributed by atoms with E-state index in [2.05, 4.69) is 48.5 Å². The second-order valence-corrected chi connectivity index (χ2v) is 12.2. The first-order valence-electron chi connectivity index (χ1n) is 16.5. The van der Waals surface area contributed by atoms with Crippen molar-refractivity contribution in [1.29, 1.82) is 0 Å². The van der Waals surface area contributed by atoms with E-state index < -0.39 is 15.3 Å². The molecule has 0 amide bonds. The van der Waals surface area contributed by atoms with Gasteiger partial charge in [-0.3, -0.25) is 20.2 Å². The van der Waals surface area contributed by atoms with Gasteiger partial charge in [-0.05, 0) is 74.5 Å². The summed E-state index contributed by atoms with van der Waals surface area (Å²) < 4.78 is 0. The summed E-state index contributed by atoms with van der Waals surface area (Å²) in [6, 6.07) is 54.7. The van der Waals surface area contributed by atoms with Gasteiger partial charge in [-0.25, -0.2) is 0 Å². The first kappa shape index (κ1) is 32.0. The molecule has 0 aromatic heterocycles. The van der Waals surface area contributed by atoms with E-state index in [0.717, 1.165) is 44.5 Å². The third kappa shape index (κ3) is 5.46. The predicted octanol–water partition coefficient (Wildman–Crippen LogP) is 10.3. The second kappa shape index (κ2) is 13.2. The van der Waals surface area contributed by atoms with Crippen molar-refractivity contribution in [2.45, 2.75) is 5.41 Å². The van der Waals surface area contributed by atoms with E-state index in [0.29, 0.717) is 5.69 Å². The fourth-order valence-electron chi connectivity index (χ4n) is 7.14. The molecule has 0 N–H and O–H groups in total. The summed E-state index contributed by atoms with van der Waals surface area (Å²) in [4.78, 5) is 34.8. The summed E-state index contributed by atoms with van der Waals surface area (Å²) in [6.07, 6.45) is 0. The van der Waals surface area contributed by atoms with E-state index in [9.17, 15) is 20.2 Å². The largest absolute Gasteiger partial charge is 0.345 e. The third-order valence-corrected chi connectivity index (χ3v) is 9.32. The van der Waals surface area contributed by atoms with Crippen LogP contribution in [0.5, 0.6) is 11.5 Å². The number of nitro benzene ring substituents is 2. The Bertz CT molecular complexity index is 2300. The van der Waals surface area contributed by atoms with E-state index in [1.165, 1.54) is 53.8 Å². The number of nitrogens with zero attached hydrogens (tertiary/aromatic N) is 3. The summed E-state index contributed by atoms with van der Waals surface area (Å²) in [5.41, 5.74) is 7.69. The average molecular weight is 684 g/mol. The van der Waals surface area contributed by atoms with Crippen molar-refractivity contribution < 1.29 is 19.5 Å². The monoisotopic (exact) mass is 683 g/mol. The molecule has 0 spiro atoms. The highest BCUT2D eigenvalue weighted by atomic mass is 16.9. The fourth-order valence-corrected chi connectivity index (χ4v) is 7.14. The minimum atomic E-state index is -0.776. The topological polar surface area (TPSA) is 108 Å². The molecule has 0 unspecified atom stereocenters. The number of benzene rings is 7. The van der Waals surface area contributed by atoms with Gasteiger partial charge in [0, 0.05) is 29.8 Å². The molecule has 0 bridgehead atoms. The molecule has 252 valence electrons. The van der Waals surface area contributed by atoms with Crippen molar-refractivity contribution in [3.8, 4) is 33.8 Å². The lowest BCUT2D eigenvalue weighted by Gasteiger charge is -2.36. The van der Waals surface area contributed by atoms with E-state index in [4.69, 9.17) is 9.68 Å². The van der Waals surface area contributed by atoms with E-state index in [-0.39, 0.29) is 22.9 Å². The standard InChI is InChI=1S/C43H29N3O6/c47-44(48)33-20-24-35(25-21-33)51-46(52-36-26-22-34(23-27-36)45(49)50)40-29-28-38-37-18-10-11-19-39(37)43(31-14-6-2-7-15-31,32-16-8-3-9-17-32)42(38)41(40)30-12-4-1-5-13-30/h1-29H. The zero-order chi connectivity index (χ0) is 35.7. The summed E-state index contributed by atoms with van der Waals surface area (Å²) in [5, 5.41) is 24.2. The Morgan fingerprint density at radius 2 is 0.942 bits per heavy atom. The molecular weight excluding hydrogens is 654 g/mol. The maximum absolute atomic E-state index is 11.5. The molecule has 0 radical (unpaired) electrons. The van der Waals surface area contributed by atoms with Crippen LogP contribution in [-0.2, 0) is 5.41 Å². The molecule has 7 aromatic carbocycles.